The summed E-state index contributed by atoms with van der Waals surface area (Å²) in [5.74, 6) is -0.540. The molecule has 118 valence electrons. The lowest BCUT2D eigenvalue weighted by atomic mass is 9.85. The Morgan fingerprint density at radius 3 is 2.38 bits per heavy atom. The minimum Gasteiger partial charge on any atom is -0.467 e. The number of carbonyl (C=O) groups is 3. The lowest BCUT2D eigenvalue weighted by Crippen LogP contribution is -2.47. The van der Waals surface area contributed by atoms with E-state index in [1.165, 1.54) is 7.11 Å². The van der Waals surface area contributed by atoms with Crippen LogP contribution in [0.15, 0.2) is 0 Å². The second-order valence-electron chi connectivity index (χ2n) is 5.64. The summed E-state index contributed by atoms with van der Waals surface area (Å²) >= 11 is 0. The maximum absolute atomic E-state index is 12.0. The van der Waals surface area contributed by atoms with Crippen LogP contribution in [-0.4, -0.2) is 48.5 Å². The third-order valence-electron chi connectivity index (χ3n) is 4.44. The summed E-state index contributed by atoms with van der Waals surface area (Å²) in [6, 6.07) is -0.415. The van der Waals surface area contributed by atoms with Gasteiger partial charge in [-0.15, -0.1) is 0 Å². The standard InChI is InChI=1S/C15H23NO5/c1-3-21-14(18)10-4-6-11(7-5-10)16-12(15(19)20-2)8-9-13(16)17/h10-12H,3-9H2,1-2H3. The van der Waals surface area contributed by atoms with Crippen LogP contribution in [0.2, 0.25) is 0 Å². The smallest absolute Gasteiger partial charge is 0.328 e. The fourth-order valence-electron chi connectivity index (χ4n) is 3.38. The Morgan fingerprint density at radius 2 is 1.81 bits per heavy atom. The molecule has 0 radical (unpaired) electrons. The lowest BCUT2D eigenvalue weighted by Gasteiger charge is -2.36. The molecule has 0 spiro atoms. The molecule has 0 N–H and O–H groups in total. The Balaban J connectivity index is 1.95. The quantitative estimate of drug-likeness (QED) is 0.731. The molecule has 6 heteroatoms. The molecule has 6 nitrogen and oxygen atoms in total. The summed E-state index contributed by atoms with van der Waals surface area (Å²) in [5.41, 5.74) is 0. The van der Waals surface area contributed by atoms with Crippen molar-refractivity contribution >= 4 is 17.8 Å². The summed E-state index contributed by atoms with van der Waals surface area (Å²) in [6.45, 7) is 2.20. The predicted octanol–water partition coefficient (Wildman–Crippen LogP) is 1.27. The van der Waals surface area contributed by atoms with E-state index in [9.17, 15) is 14.4 Å². The first-order valence-electron chi connectivity index (χ1n) is 7.64. The van der Waals surface area contributed by atoms with Crippen molar-refractivity contribution in [2.75, 3.05) is 13.7 Å². The fourth-order valence-corrected chi connectivity index (χ4v) is 3.38. The largest absolute Gasteiger partial charge is 0.467 e. The van der Waals surface area contributed by atoms with E-state index < -0.39 is 6.04 Å². The van der Waals surface area contributed by atoms with Crippen molar-refractivity contribution in [1.29, 1.82) is 0 Å². The molecule has 0 aromatic heterocycles. The molecule has 1 saturated carbocycles. The molecule has 1 amide bonds. The van der Waals surface area contributed by atoms with E-state index in [4.69, 9.17) is 9.47 Å². The van der Waals surface area contributed by atoms with Gasteiger partial charge in [-0.25, -0.2) is 4.79 Å². The second kappa shape index (κ2) is 6.91. The van der Waals surface area contributed by atoms with Crippen LogP contribution >= 0.6 is 0 Å². The van der Waals surface area contributed by atoms with Gasteiger partial charge in [-0.3, -0.25) is 9.59 Å². The number of hydrogen-bond donors (Lipinski definition) is 0. The summed E-state index contributed by atoms with van der Waals surface area (Å²) < 4.78 is 9.83. The third kappa shape index (κ3) is 3.36. The van der Waals surface area contributed by atoms with Crippen LogP contribution in [0.3, 0.4) is 0 Å². The van der Waals surface area contributed by atoms with Crippen LogP contribution in [0.25, 0.3) is 0 Å². The van der Waals surface area contributed by atoms with Gasteiger partial charge in [0.2, 0.25) is 5.91 Å². The van der Waals surface area contributed by atoms with Crippen LogP contribution in [0.4, 0.5) is 0 Å². The Labute approximate surface area is 124 Å². The number of methoxy groups -OCH3 is 1. The minimum atomic E-state index is -0.452. The molecule has 1 heterocycles. The summed E-state index contributed by atoms with van der Waals surface area (Å²) in [5, 5.41) is 0. The molecule has 0 bridgehead atoms. The van der Waals surface area contributed by atoms with Crippen LogP contribution in [-0.2, 0) is 23.9 Å². The maximum Gasteiger partial charge on any atom is 0.328 e. The molecule has 0 aromatic rings. The van der Waals surface area contributed by atoms with Gasteiger partial charge in [-0.1, -0.05) is 0 Å². The molecule has 1 aliphatic carbocycles. The van der Waals surface area contributed by atoms with Crippen molar-refractivity contribution < 1.29 is 23.9 Å². The molecule has 1 atom stereocenters. The Morgan fingerprint density at radius 1 is 1.14 bits per heavy atom. The van der Waals surface area contributed by atoms with E-state index >= 15 is 0 Å². The van der Waals surface area contributed by atoms with Gasteiger partial charge < -0.3 is 14.4 Å². The average Bonchev–Trinajstić information content (AvgIpc) is 2.88. The first-order valence-corrected chi connectivity index (χ1v) is 7.64. The van der Waals surface area contributed by atoms with Crippen molar-refractivity contribution in [1.82, 2.24) is 4.90 Å². The van der Waals surface area contributed by atoms with Crippen molar-refractivity contribution in [2.24, 2.45) is 5.92 Å². The molecular weight excluding hydrogens is 274 g/mol. The van der Waals surface area contributed by atoms with Gasteiger partial charge in [0, 0.05) is 12.5 Å². The first-order chi connectivity index (χ1) is 10.1. The molecular formula is C15H23NO5. The van der Waals surface area contributed by atoms with Crippen LogP contribution in [0.1, 0.15) is 45.4 Å². The zero-order valence-corrected chi connectivity index (χ0v) is 12.7. The van der Waals surface area contributed by atoms with E-state index in [2.05, 4.69) is 0 Å². The fraction of sp³-hybridized carbons (Fsp3) is 0.800. The predicted molar refractivity (Wildman–Crippen MR) is 74.3 cm³/mol. The van der Waals surface area contributed by atoms with Gasteiger partial charge in [0.25, 0.3) is 0 Å². The first kappa shape index (κ1) is 15.8. The highest BCUT2D eigenvalue weighted by Crippen LogP contribution is 2.33. The van der Waals surface area contributed by atoms with E-state index in [1.807, 2.05) is 0 Å². The molecule has 2 fully saturated rings. The van der Waals surface area contributed by atoms with Gasteiger partial charge in [0.15, 0.2) is 0 Å². The van der Waals surface area contributed by atoms with Crippen LogP contribution < -0.4 is 0 Å². The summed E-state index contributed by atoms with van der Waals surface area (Å²) in [6.07, 6.45) is 3.83. The monoisotopic (exact) mass is 297 g/mol. The van der Waals surface area contributed by atoms with Crippen molar-refractivity contribution in [2.45, 2.75) is 57.5 Å². The number of carbonyl (C=O) groups excluding carboxylic acids is 3. The van der Waals surface area contributed by atoms with Crippen LogP contribution in [0.5, 0.6) is 0 Å². The van der Waals surface area contributed by atoms with Gasteiger partial charge in [0.05, 0.1) is 19.6 Å². The molecule has 0 aromatic carbocycles. The van der Waals surface area contributed by atoms with Gasteiger partial charge in [-0.2, -0.15) is 0 Å². The second-order valence-corrected chi connectivity index (χ2v) is 5.64. The van der Waals surface area contributed by atoms with E-state index in [0.29, 0.717) is 32.3 Å². The zero-order valence-electron chi connectivity index (χ0n) is 12.7. The van der Waals surface area contributed by atoms with Crippen molar-refractivity contribution in [3.8, 4) is 0 Å². The summed E-state index contributed by atoms with van der Waals surface area (Å²) in [7, 11) is 1.35. The topological polar surface area (TPSA) is 72.9 Å². The van der Waals surface area contributed by atoms with Gasteiger partial charge >= 0.3 is 11.9 Å². The molecule has 2 aliphatic rings. The minimum absolute atomic E-state index is 0.0185. The highest BCUT2D eigenvalue weighted by molar-refractivity contribution is 5.88. The molecule has 1 unspecified atom stereocenters. The number of ether oxygens (including phenoxy) is 2. The van der Waals surface area contributed by atoms with E-state index in [-0.39, 0.29) is 29.8 Å². The SMILES string of the molecule is CCOC(=O)C1CCC(N2C(=O)CCC2C(=O)OC)CC1. The Hall–Kier alpha value is -1.59. The van der Waals surface area contributed by atoms with Gasteiger partial charge in [0.1, 0.15) is 6.04 Å². The number of rotatable bonds is 4. The van der Waals surface area contributed by atoms with Crippen molar-refractivity contribution in [3.63, 3.8) is 0 Å². The number of amides is 1. The van der Waals surface area contributed by atoms with E-state index in [1.54, 1.807) is 11.8 Å². The third-order valence-corrected chi connectivity index (χ3v) is 4.44. The lowest BCUT2D eigenvalue weighted by molar-refractivity contribution is -0.153. The Bertz CT molecular complexity index is 414. The molecule has 1 saturated heterocycles. The zero-order chi connectivity index (χ0) is 15.4. The number of esters is 2. The van der Waals surface area contributed by atoms with Crippen LogP contribution in [0, 0.1) is 5.92 Å². The highest BCUT2D eigenvalue weighted by atomic mass is 16.5. The summed E-state index contributed by atoms with van der Waals surface area (Å²) in [4.78, 5) is 37.2. The van der Waals surface area contributed by atoms with E-state index in [0.717, 1.165) is 12.8 Å². The number of likely N-dealkylation sites (tertiary alicyclic amines) is 1. The number of hydrogen-bond acceptors (Lipinski definition) is 5. The Kier molecular flexibility index (Phi) is 5.20. The molecule has 21 heavy (non-hydrogen) atoms. The average molecular weight is 297 g/mol. The van der Waals surface area contributed by atoms with Crippen molar-refractivity contribution in [3.05, 3.63) is 0 Å². The van der Waals surface area contributed by atoms with Gasteiger partial charge in [-0.05, 0) is 39.0 Å². The normalized spacial score (nSPS) is 29.3. The highest BCUT2D eigenvalue weighted by Gasteiger charge is 2.42. The molecule has 2 rings (SSSR count). The maximum atomic E-state index is 12.0. The molecule has 1 aliphatic heterocycles. The number of nitrogens with zero attached hydrogens (tertiary/aromatic N) is 1.